The van der Waals surface area contributed by atoms with Gasteiger partial charge < -0.3 is 10.1 Å². The Balaban J connectivity index is 1.61. The number of benzene rings is 2. The van der Waals surface area contributed by atoms with E-state index in [4.69, 9.17) is 9.72 Å². The fraction of sp³-hybridized carbons (Fsp3) is 0.393. The van der Waals surface area contributed by atoms with E-state index in [9.17, 15) is 9.59 Å². The molecule has 0 fully saturated rings. The molecule has 0 spiro atoms. The smallest absolute Gasteiger partial charge is 0.319 e. The van der Waals surface area contributed by atoms with Crippen LogP contribution in [0.25, 0.3) is 11.3 Å². The van der Waals surface area contributed by atoms with Crippen LogP contribution in [-0.4, -0.2) is 33.9 Å². The lowest BCUT2D eigenvalue weighted by atomic mass is 10.1. The predicted octanol–water partition coefficient (Wildman–Crippen LogP) is 5.65. The second-order valence-corrected chi connectivity index (χ2v) is 9.98. The fourth-order valence-electron chi connectivity index (χ4n) is 3.80. The van der Waals surface area contributed by atoms with Gasteiger partial charge in [-0.15, -0.1) is 11.8 Å². The number of hydrogen-bond acceptors (Lipinski definition) is 6. The summed E-state index contributed by atoms with van der Waals surface area (Å²) in [4.78, 5) is 30.9. The highest BCUT2D eigenvalue weighted by atomic mass is 32.2. The van der Waals surface area contributed by atoms with Gasteiger partial charge in [-0.2, -0.15) is 0 Å². The van der Waals surface area contributed by atoms with E-state index in [0.29, 0.717) is 37.7 Å². The van der Waals surface area contributed by atoms with Crippen molar-refractivity contribution in [3.63, 3.8) is 0 Å². The van der Waals surface area contributed by atoms with Crippen molar-refractivity contribution in [2.24, 2.45) is 5.92 Å². The van der Waals surface area contributed by atoms with E-state index in [2.05, 4.69) is 19.2 Å². The molecule has 0 saturated heterocycles. The van der Waals surface area contributed by atoms with E-state index in [0.717, 1.165) is 28.4 Å². The van der Waals surface area contributed by atoms with Crippen LogP contribution < -0.4 is 10.9 Å². The van der Waals surface area contributed by atoms with E-state index in [1.165, 1.54) is 0 Å². The van der Waals surface area contributed by atoms with E-state index in [-0.39, 0.29) is 16.8 Å². The summed E-state index contributed by atoms with van der Waals surface area (Å²) in [5.74, 6) is 1.03. The maximum atomic E-state index is 12.8. The van der Waals surface area contributed by atoms with E-state index in [1.54, 1.807) is 22.4 Å². The molecule has 0 aliphatic carbocycles. The van der Waals surface area contributed by atoms with Crippen molar-refractivity contribution in [2.75, 3.05) is 18.5 Å². The monoisotopic (exact) mass is 493 g/mol. The zero-order chi connectivity index (χ0) is 25.2. The maximum absolute atomic E-state index is 12.8. The molecular weight excluding hydrogens is 458 g/mol. The van der Waals surface area contributed by atoms with Gasteiger partial charge in [-0.05, 0) is 43.5 Å². The molecule has 0 aliphatic heterocycles. The Morgan fingerprint density at radius 2 is 1.80 bits per heavy atom. The summed E-state index contributed by atoms with van der Waals surface area (Å²) < 4.78 is 6.99. The number of thioether (sulfide) groups is 1. The molecule has 3 rings (SSSR count). The van der Waals surface area contributed by atoms with Gasteiger partial charge in [0.1, 0.15) is 11.1 Å². The van der Waals surface area contributed by atoms with E-state index in [1.807, 2.05) is 68.4 Å². The summed E-state index contributed by atoms with van der Waals surface area (Å²) in [5.41, 5.74) is 2.58. The van der Waals surface area contributed by atoms with Gasteiger partial charge in [-0.1, -0.05) is 51.1 Å². The normalized spacial score (nSPS) is 11.9. The minimum absolute atomic E-state index is 0.0422. The van der Waals surface area contributed by atoms with Crippen LogP contribution in [0.1, 0.15) is 39.9 Å². The Kier molecular flexibility index (Phi) is 9.97. The first kappa shape index (κ1) is 26.5. The van der Waals surface area contributed by atoms with E-state index < -0.39 is 0 Å². The lowest BCUT2D eigenvalue weighted by Crippen LogP contribution is -2.27. The summed E-state index contributed by atoms with van der Waals surface area (Å²) in [6.45, 7) is 9.59. The highest BCUT2D eigenvalue weighted by molar-refractivity contribution is 8.00. The first-order chi connectivity index (χ1) is 16.9. The van der Waals surface area contributed by atoms with Crippen molar-refractivity contribution >= 4 is 23.4 Å². The summed E-state index contributed by atoms with van der Waals surface area (Å²) in [6.07, 6.45) is 1.45. The van der Waals surface area contributed by atoms with Crippen molar-refractivity contribution in [3.8, 4) is 11.3 Å². The molecule has 6 nitrogen and oxygen atoms in total. The van der Waals surface area contributed by atoms with Crippen LogP contribution in [0.4, 0.5) is 5.69 Å². The SMILES string of the molecule is CCOC(=O)[C@H](CC(C)C)Sc1ccc(NCCn2c(CC)nc(-c3ccccc3)cc2=O)cc1. The number of aromatic nitrogens is 2. The average molecular weight is 494 g/mol. The van der Waals surface area contributed by atoms with Crippen LogP contribution in [0.2, 0.25) is 0 Å². The quantitative estimate of drug-likeness (QED) is 0.259. The van der Waals surface area contributed by atoms with Gasteiger partial charge in [-0.3, -0.25) is 14.2 Å². The van der Waals surface area contributed by atoms with Crippen LogP contribution >= 0.6 is 11.8 Å². The maximum Gasteiger partial charge on any atom is 0.319 e. The van der Waals surface area contributed by atoms with Crippen LogP contribution in [-0.2, 0) is 22.5 Å². The molecule has 1 aromatic heterocycles. The molecule has 1 heterocycles. The van der Waals surface area contributed by atoms with Crippen molar-refractivity contribution in [1.82, 2.24) is 9.55 Å². The standard InChI is InChI=1S/C28H35N3O3S/c1-5-26-30-24(21-10-8-7-9-11-21)19-27(32)31(26)17-16-29-22-12-14-23(15-13-22)35-25(18-20(3)4)28(33)34-6-2/h7-15,19-20,25,29H,5-6,16-18H2,1-4H3/t25-/m0/s1. The molecule has 0 saturated carbocycles. The van der Waals surface area contributed by atoms with Gasteiger partial charge in [-0.25, -0.2) is 4.98 Å². The number of esters is 1. The summed E-state index contributed by atoms with van der Waals surface area (Å²) in [5, 5.41) is 3.18. The van der Waals surface area contributed by atoms with Gasteiger partial charge >= 0.3 is 5.97 Å². The van der Waals surface area contributed by atoms with Gasteiger partial charge in [0.25, 0.3) is 5.56 Å². The Hall–Kier alpha value is -3.06. The number of anilines is 1. The zero-order valence-corrected chi connectivity index (χ0v) is 21.8. The molecule has 0 radical (unpaired) electrons. The molecule has 7 heteroatoms. The molecule has 0 aliphatic rings. The number of ether oxygens (including phenoxy) is 1. The first-order valence-corrected chi connectivity index (χ1v) is 13.1. The number of carbonyl (C=O) groups is 1. The van der Waals surface area contributed by atoms with Gasteiger partial charge in [0.2, 0.25) is 0 Å². The molecule has 35 heavy (non-hydrogen) atoms. The van der Waals surface area contributed by atoms with Gasteiger partial charge in [0.05, 0.1) is 12.3 Å². The third-order valence-electron chi connectivity index (χ3n) is 5.51. The molecule has 1 atom stereocenters. The van der Waals surface area contributed by atoms with Crippen molar-refractivity contribution < 1.29 is 9.53 Å². The van der Waals surface area contributed by atoms with Gasteiger partial charge in [0, 0.05) is 41.7 Å². The minimum Gasteiger partial charge on any atom is -0.465 e. The Bertz CT molecular complexity index is 1140. The molecule has 186 valence electrons. The van der Waals surface area contributed by atoms with Crippen molar-refractivity contribution in [2.45, 2.75) is 57.2 Å². The molecule has 2 aromatic carbocycles. The predicted molar refractivity (Wildman–Crippen MR) is 144 cm³/mol. The van der Waals surface area contributed by atoms with Crippen LogP contribution in [0.3, 0.4) is 0 Å². The summed E-state index contributed by atoms with van der Waals surface area (Å²) in [6, 6.07) is 19.4. The molecule has 0 unspecified atom stereocenters. The second-order valence-electron chi connectivity index (χ2n) is 8.71. The molecule has 0 amide bonds. The largest absolute Gasteiger partial charge is 0.465 e. The van der Waals surface area contributed by atoms with Crippen LogP contribution in [0.5, 0.6) is 0 Å². The highest BCUT2D eigenvalue weighted by Gasteiger charge is 2.22. The fourth-order valence-corrected chi connectivity index (χ4v) is 5.07. The van der Waals surface area contributed by atoms with Crippen LogP contribution in [0, 0.1) is 5.92 Å². The molecule has 1 N–H and O–H groups in total. The number of hydrogen-bond donors (Lipinski definition) is 1. The Morgan fingerprint density at radius 1 is 1.09 bits per heavy atom. The van der Waals surface area contributed by atoms with Gasteiger partial charge in [0.15, 0.2) is 0 Å². The lowest BCUT2D eigenvalue weighted by molar-refractivity contribution is -0.142. The Labute approximate surface area is 212 Å². The topological polar surface area (TPSA) is 73.2 Å². The number of carbonyl (C=O) groups excluding carboxylic acids is 1. The molecule has 0 bridgehead atoms. The highest BCUT2D eigenvalue weighted by Crippen LogP contribution is 2.29. The number of aryl methyl sites for hydroxylation is 1. The summed E-state index contributed by atoms with van der Waals surface area (Å²) >= 11 is 1.54. The number of nitrogens with zero attached hydrogens (tertiary/aromatic N) is 2. The Morgan fingerprint density at radius 3 is 2.43 bits per heavy atom. The lowest BCUT2D eigenvalue weighted by Gasteiger charge is -2.17. The third-order valence-corrected chi connectivity index (χ3v) is 6.72. The van der Waals surface area contributed by atoms with Crippen molar-refractivity contribution in [1.29, 1.82) is 0 Å². The number of nitrogens with one attached hydrogen (secondary N) is 1. The minimum atomic E-state index is -0.209. The van der Waals surface area contributed by atoms with Crippen LogP contribution in [0.15, 0.2) is 70.4 Å². The number of rotatable bonds is 12. The first-order valence-electron chi connectivity index (χ1n) is 12.2. The van der Waals surface area contributed by atoms with Crippen molar-refractivity contribution in [3.05, 3.63) is 76.8 Å². The second kappa shape index (κ2) is 13.1. The molecule has 3 aromatic rings. The third kappa shape index (κ3) is 7.72. The average Bonchev–Trinajstić information content (AvgIpc) is 2.85. The molecular formula is C28H35N3O3S. The zero-order valence-electron chi connectivity index (χ0n) is 21.0. The summed E-state index contributed by atoms with van der Waals surface area (Å²) in [7, 11) is 0. The van der Waals surface area contributed by atoms with E-state index >= 15 is 0 Å².